The Morgan fingerprint density at radius 1 is 1.15 bits per heavy atom. The number of halogens is 1. The molecule has 0 saturated carbocycles. The number of rotatable bonds is 4. The number of hydrogen-bond donors (Lipinski definition) is 1. The van der Waals surface area contributed by atoms with Crippen molar-refractivity contribution in [3.8, 4) is 23.3 Å². The highest BCUT2D eigenvalue weighted by Gasteiger charge is 2.10. The SMILES string of the molecule is COc1cc(CO)ccc1Oc1ccc(Br)cc1C#N. The van der Waals surface area contributed by atoms with Crippen molar-refractivity contribution in [1.29, 1.82) is 5.26 Å². The number of benzene rings is 2. The summed E-state index contributed by atoms with van der Waals surface area (Å²) in [5.74, 6) is 1.44. The number of hydrogen-bond acceptors (Lipinski definition) is 4. The van der Waals surface area contributed by atoms with Crippen molar-refractivity contribution >= 4 is 15.9 Å². The molecule has 1 N–H and O–H groups in total. The summed E-state index contributed by atoms with van der Waals surface area (Å²) >= 11 is 3.31. The van der Waals surface area contributed by atoms with Crippen molar-refractivity contribution in [1.82, 2.24) is 0 Å². The molecule has 0 aliphatic carbocycles. The Balaban J connectivity index is 2.37. The Labute approximate surface area is 125 Å². The lowest BCUT2D eigenvalue weighted by molar-refractivity contribution is 0.280. The number of aliphatic hydroxyl groups excluding tert-OH is 1. The lowest BCUT2D eigenvalue weighted by atomic mass is 10.2. The van der Waals surface area contributed by atoms with Crippen LogP contribution in [0, 0.1) is 11.3 Å². The van der Waals surface area contributed by atoms with Crippen LogP contribution in [0.15, 0.2) is 40.9 Å². The van der Waals surface area contributed by atoms with Gasteiger partial charge in [0.15, 0.2) is 11.5 Å². The van der Waals surface area contributed by atoms with Gasteiger partial charge in [-0.2, -0.15) is 5.26 Å². The van der Waals surface area contributed by atoms with Gasteiger partial charge in [0.2, 0.25) is 0 Å². The second-order valence-electron chi connectivity index (χ2n) is 4.00. The summed E-state index contributed by atoms with van der Waals surface area (Å²) in [6.45, 7) is -0.0711. The van der Waals surface area contributed by atoms with Crippen LogP contribution in [0.5, 0.6) is 17.2 Å². The van der Waals surface area contributed by atoms with E-state index in [2.05, 4.69) is 22.0 Å². The van der Waals surface area contributed by atoms with Crippen molar-refractivity contribution in [3.05, 3.63) is 52.0 Å². The molecule has 0 heterocycles. The lowest BCUT2D eigenvalue weighted by Gasteiger charge is -2.12. The van der Waals surface area contributed by atoms with E-state index in [0.29, 0.717) is 22.8 Å². The van der Waals surface area contributed by atoms with Gasteiger partial charge in [0.1, 0.15) is 11.8 Å². The van der Waals surface area contributed by atoms with Crippen LogP contribution in [-0.2, 0) is 6.61 Å². The Kier molecular flexibility index (Phi) is 4.61. The van der Waals surface area contributed by atoms with Gasteiger partial charge in [-0.25, -0.2) is 0 Å². The first kappa shape index (κ1) is 14.4. The molecular weight excluding hydrogens is 322 g/mol. The highest BCUT2D eigenvalue weighted by molar-refractivity contribution is 9.10. The van der Waals surface area contributed by atoms with Gasteiger partial charge in [0.25, 0.3) is 0 Å². The molecule has 20 heavy (non-hydrogen) atoms. The maximum absolute atomic E-state index is 9.11. The lowest BCUT2D eigenvalue weighted by Crippen LogP contribution is -1.94. The summed E-state index contributed by atoms with van der Waals surface area (Å²) < 4.78 is 11.8. The number of ether oxygens (including phenoxy) is 2. The zero-order valence-electron chi connectivity index (χ0n) is 10.8. The van der Waals surface area contributed by atoms with Gasteiger partial charge >= 0.3 is 0 Å². The third-order valence-corrected chi connectivity index (χ3v) is 3.19. The molecule has 0 amide bonds. The molecule has 4 nitrogen and oxygen atoms in total. The first-order chi connectivity index (χ1) is 9.67. The van der Waals surface area contributed by atoms with E-state index < -0.39 is 0 Å². The summed E-state index contributed by atoms with van der Waals surface area (Å²) in [5, 5.41) is 18.2. The van der Waals surface area contributed by atoms with E-state index in [-0.39, 0.29) is 6.61 Å². The second kappa shape index (κ2) is 6.42. The van der Waals surface area contributed by atoms with E-state index in [1.54, 1.807) is 36.4 Å². The first-order valence-corrected chi connectivity index (χ1v) is 6.62. The van der Waals surface area contributed by atoms with Crippen LogP contribution >= 0.6 is 15.9 Å². The Hall–Kier alpha value is -2.03. The molecule has 0 radical (unpaired) electrons. The topological polar surface area (TPSA) is 62.5 Å². The fraction of sp³-hybridized carbons (Fsp3) is 0.133. The minimum absolute atomic E-state index is 0.0711. The zero-order valence-corrected chi connectivity index (χ0v) is 12.3. The fourth-order valence-electron chi connectivity index (χ4n) is 1.69. The molecule has 0 unspecified atom stereocenters. The van der Waals surface area contributed by atoms with Gasteiger partial charge in [-0.15, -0.1) is 0 Å². The Morgan fingerprint density at radius 2 is 1.90 bits per heavy atom. The molecule has 2 aromatic rings. The van der Waals surface area contributed by atoms with Crippen LogP contribution in [0.3, 0.4) is 0 Å². The van der Waals surface area contributed by atoms with Gasteiger partial charge in [-0.1, -0.05) is 22.0 Å². The molecule has 0 saturated heterocycles. The standard InChI is InChI=1S/C15H12BrNO3/c1-19-15-6-10(9-18)2-4-14(15)20-13-5-3-12(16)7-11(13)8-17/h2-7,18H,9H2,1H3. The van der Waals surface area contributed by atoms with E-state index in [0.717, 1.165) is 10.0 Å². The predicted octanol–water partition coefficient (Wildman–Crippen LogP) is 3.61. The van der Waals surface area contributed by atoms with Crippen LogP contribution in [0.4, 0.5) is 0 Å². The molecule has 2 aromatic carbocycles. The quantitative estimate of drug-likeness (QED) is 0.928. The predicted molar refractivity (Wildman–Crippen MR) is 77.8 cm³/mol. The van der Waals surface area contributed by atoms with Gasteiger partial charge in [-0.05, 0) is 35.9 Å². The van der Waals surface area contributed by atoms with Gasteiger partial charge in [0, 0.05) is 4.47 Å². The van der Waals surface area contributed by atoms with Crippen LogP contribution in [0.2, 0.25) is 0 Å². The smallest absolute Gasteiger partial charge is 0.169 e. The number of aliphatic hydroxyl groups is 1. The summed E-state index contributed by atoms with van der Waals surface area (Å²) in [6.07, 6.45) is 0. The molecule has 0 aromatic heterocycles. The number of methoxy groups -OCH3 is 1. The molecule has 0 aliphatic heterocycles. The highest BCUT2D eigenvalue weighted by atomic mass is 79.9. The third kappa shape index (κ3) is 3.10. The van der Waals surface area contributed by atoms with Crippen LogP contribution in [-0.4, -0.2) is 12.2 Å². The molecular formula is C15H12BrNO3. The van der Waals surface area contributed by atoms with E-state index in [1.807, 2.05) is 0 Å². The molecule has 102 valence electrons. The van der Waals surface area contributed by atoms with Crippen LogP contribution in [0.1, 0.15) is 11.1 Å². The minimum atomic E-state index is -0.0711. The van der Waals surface area contributed by atoms with Crippen LogP contribution < -0.4 is 9.47 Å². The van der Waals surface area contributed by atoms with E-state index >= 15 is 0 Å². The summed E-state index contributed by atoms with van der Waals surface area (Å²) in [6, 6.07) is 12.4. The van der Waals surface area contributed by atoms with Crippen molar-refractivity contribution < 1.29 is 14.6 Å². The maximum atomic E-state index is 9.11. The summed E-state index contributed by atoms with van der Waals surface area (Å²) in [4.78, 5) is 0. The Bertz CT molecular complexity index is 665. The maximum Gasteiger partial charge on any atom is 0.169 e. The van der Waals surface area contributed by atoms with E-state index in [1.165, 1.54) is 7.11 Å². The third-order valence-electron chi connectivity index (χ3n) is 2.69. The second-order valence-corrected chi connectivity index (χ2v) is 4.91. The van der Waals surface area contributed by atoms with Crippen molar-refractivity contribution in [2.24, 2.45) is 0 Å². The molecule has 0 fully saturated rings. The average Bonchev–Trinajstić information content (AvgIpc) is 2.49. The van der Waals surface area contributed by atoms with Crippen LogP contribution in [0.25, 0.3) is 0 Å². The number of nitriles is 1. The highest BCUT2D eigenvalue weighted by Crippen LogP contribution is 2.34. The largest absolute Gasteiger partial charge is 0.493 e. The minimum Gasteiger partial charge on any atom is -0.493 e. The van der Waals surface area contributed by atoms with Crippen molar-refractivity contribution in [3.63, 3.8) is 0 Å². The van der Waals surface area contributed by atoms with Crippen molar-refractivity contribution in [2.45, 2.75) is 6.61 Å². The van der Waals surface area contributed by atoms with Gasteiger partial charge < -0.3 is 14.6 Å². The zero-order chi connectivity index (χ0) is 14.5. The fourth-order valence-corrected chi connectivity index (χ4v) is 2.05. The molecule has 0 atom stereocenters. The normalized spacial score (nSPS) is 9.90. The Morgan fingerprint density at radius 3 is 2.55 bits per heavy atom. The molecule has 0 spiro atoms. The van der Waals surface area contributed by atoms with E-state index in [9.17, 15) is 0 Å². The summed E-state index contributed by atoms with van der Waals surface area (Å²) in [5.41, 5.74) is 1.15. The molecule has 5 heteroatoms. The molecule has 2 rings (SSSR count). The van der Waals surface area contributed by atoms with Gasteiger partial charge in [-0.3, -0.25) is 0 Å². The average molecular weight is 334 g/mol. The monoisotopic (exact) mass is 333 g/mol. The molecule has 0 aliphatic rings. The van der Waals surface area contributed by atoms with Crippen molar-refractivity contribution in [2.75, 3.05) is 7.11 Å². The molecule has 0 bridgehead atoms. The van der Waals surface area contributed by atoms with Gasteiger partial charge in [0.05, 0.1) is 19.3 Å². The summed E-state index contributed by atoms with van der Waals surface area (Å²) in [7, 11) is 1.52. The number of nitrogens with zero attached hydrogens (tertiary/aromatic N) is 1. The first-order valence-electron chi connectivity index (χ1n) is 5.83. The van der Waals surface area contributed by atoms with E-state index in [4.69, 9.17) is 19.8 Å².